The number of benzene rings is 4. The highest BCUT2D eigenvalue weighted by Crippen LogP contribution is 2.38. The number of thioether (sulfide) groups is 1. The molecule has 0 spiro atoms. The Balaban J connectivity index is 1.27. The zero-order valence-corrected chi connectivity index (χ0v) is 28.8. The van der Waals surface area contributed by atoms with Gasteiger partial charge in [-0.1, -0.05) is 111 Å². The molecule has 4 aromatic carbocycles. The van der Waals surface area contributed by atoms with E-state index in [0.717, 1.165) is 22.6 Å². The predicted molar refractivity (Wildman–Crippen MR) is 193 cm³/mol. The summed E-state index contributed by atoms with van der Waals surface area (Å²) >= 11 is 1.56. The van der Waals surface area contributed by atoms with Crippen molar-refractivity contribution in [3.63, 3.8) is 0 Å². The number of ether oxygens (including phenoxy) is 2. The van der Waals surface area contributed by atoms with Crippen molar-refractivity contribution in [3.8, 4) is 11.5 Å². The quantitative estimate of drug-likeness (QED) is 0.137. The second kappa shape index (κ2) is 14.4. The lowest BCUT2D eigenvalue weighted by Gasteiger charge is -2.29. The lowest BCUT2D eigenvalue weighted by Crippen LogP contribution is -2.31. The van der Waals surface area contributed by atoms with E-state index in [1.54, 1.807) is 16.4 Å². The van der Waals surface area contributed by atoms with Crippen LogP contribution in [0.25, 0.3) is 0 Å². The summed E-state index contributed by atoms with van der Waals surface area (Å²) in [5.74, 6) is 2.41. The summed E-state index contributed by atoms with van der Waals surface area (Å²) in [6.45, 7) is 11.4. The number of aromatic nitrogens is 3. The number of hydrogen-bond acceptors (Lipinski definition) is 7. The highest BCUT2D eigenvalue weighted by atomic mass is 32.2. The number of carbonyl (C=O) groups is 1. The van der Waals surface area contributed by atoms with Crippen LogP contribution in [-0.4, -0.2) is 27.3 Å². The summed E-state index contributed by atoms with van der Waals surface area (Å²) in [6, 6.07) is 33.6. The van der Waals surface area contributed by atoms with Gasteiger partial charge < -0.3 is 20.1 Å². The SMILES string of the molecule is CCOc1ccccc1NC(=O)C1=C(C)Nc2nc(SCc3ccccc3)nn2C1c1ccc(OCc2ccc(C(C)(C)C)cc2)cc1. The van der Waals surface area contributed by atoms with Crippen LogP contribution < -0.4 is 20.1 Å². The minimum atomic E-state index is -0.530. The Morgan fingerprint density at radius 3 is 2.31 bits per heavy atom. The molecule has 0 saturated carbocycles. The normalized spacial score (nSPS) is 14.2. The first-order chi connectivity index (χ1) is 23.2. The Morgan fingerprint density at radius 1 is 0.896 bits per heavy atom. The van der Waals surface area contributed by atoms with Crippen LogP contribution in [0.15, 0.2) is 120 Å². The van der Waals surface area contributed by atoms with Crippen LogP contribution in [0.4, 0.5) is 11.6 Å². The molecule has 5 aromatic rings. The van der Waals surface area contributed by atoms with Gasteiger partial charge >= 0.3 is 0 Å². The number of fused-ring (bicyclic) bond motifs is 1. The van der Waals surface area contributed by atoms with Crippen molar-refractivity contribution in [2.45, 2.75) is 63.6 Å². The molecule has 1 aromatic heterocycles. The van der Waals surface area contributed by atoms with Crippen molar-refractivity contribution in [2.75, 3.05) is 17.2 Å². The van der Waals surface area contributed by atoms with E-state index >= 15 is 0 Å². The summed E-state index contributed by atoms with van der Waals surface area (Å²) in [4.78, 5) is 18.9. The smallest absolute Gasteiger partial charge is 0.255 e. The molecule has 1 atom stereocenters. The summed E-state index contributed by atoms with van der Waals surface area (Å²) in [7, 11) is 0. The minimum Gasteiger partial charge on any atom is -0.492 e. The molecule has 6 rings (SSSR count). The number of para-hydroxylation sites is 2. The standard InChI is InChI=1S/C39H41N5O3S/c1-6-46-33-15-11-10-14-32(33)41-36(45)34-26(2)40-37-42-38(48-25-28-12-8-7-9-13-28)43-44(37)35(34)29-18-22-31(23-19-29)47-24-27-16-20-30(21-17-27)39(3,4)5/h7-23,35H,6,24-25H2,1-5H3,(H,41,45)(H,40,42,43). The molecule has 48 heavy (non-hydrogen) atoms. The first-order valence-electron chi connectivity index (χ1n) is 16.2. The third kappa shape index (κ3) is 7.58. The van der Waals surface area contributed by atoms with Crippen molar-refractivity contribution >= 4 is 29.3 Å². The van der Waals surface area contributed by atoms with Crippen LogP contribution in [0.3, 0.4) is 0 Å². The third-order valence-electron chi connectivity index (χ3n) is 8.14. The molecule has 1 aliphatic rings. The molecule has 246 valence electrons. The number of rotatable bonds is 11. The van der Waals surface area contributed by atoms with Gasteiger partial charge in [0.2, 0.25) is 11.1 Å². The Labute approximate surface area is 286 Å². The predicted octanol–water partition coefficient (Wildman–Crippen LogP) is 8.77. The first-order valence-corrected chi connectivity index (χ1v) is 17.1. The Hall–Kier alpha value is -5.02. The van der Waals surface area contributed by atoms with Gasteiger partial charge in [-0.3, -0.25) is 4.79 Å². The van der Waals surface area contributed by atoms with E-state index in [9.17, 15) is 4.79 Å². The van der Waals surface area contributed by atoms with Gasteiger partial charge in [0.05, 0.1) is 17.9 Å². The van der Waals surface area contributed by atoms with Crippen molar-refractivity contribution in [2.24, 2.45) is 0 Å². The fourth-order valence-corrected chi connectivity index (χ4v) is 6.36. The largest absolute Gasteiger partial charge is 0.492 e. The lowest BCUT2D eigenvalue weighted by atomic mass is 9.87. The van der Waals surface area contributed by atoms with Crippen LogP contribution in [0, 0.1) is 0 Å². The maximum absolute atomic E-state index is 14.1. The Morgan fingerprint density at radius 2 is 1.60 bits per heavy atom. The van der Waals surface area contributed by atoms with Gasteiger partial charge in [0, 0.05) is 11.4 Å². The zero-order valence-electron chi connectivity index (χ0n) is 28.0. The second-order valence-corrected chi connectivity index (χ2v) is 13.6. The molecule has 0 bridgehead atoms. The van der Waals surface area contributed by atoms with Gasteiger partial charge in [-0.05, 0) is 65.8 Å². The zero-order chi connectivity index (χ0) is 33.7. The molecule has 0 fully saturated rings. The van der Waals surface area contributed by atoms with Gasteiger partial charge in [0.25, 0.3) is 5.91 Å². The summed E-state index contributed by atoms with van der Waals surface area (Å²) < 4.78 is 13.7. The number of hydrogen-bond donors (Lipinski definition) is 2. The lowest BCUT2D eigenvalue weighted by molar-refractivity contribution is -0.113. The Kier molecular flexibility index (Phi) is 9.87. The van der Waals surface area contributed by atoms with E-state index in [1.165, 1.54) is 11.1 Å². The fourth-order valence-electron chi connectivity index (χ4n) is 5.57. The van der Waals surface area contributed by atoms with Gasteiger partial charge in [-0.2, -0.15) is 4.98 Å². The molecule has 1 unspecified atom stereocenters. The van der Waals surface area contributed by atoms with Gasteiger partial charge in [-0.25, -0.2) is 4.68 Å². The van der Waals surface area contributed by atoms with E-state index in [1.807, 2.05) is 80.6 Å². The number of carbonyl (C=O) groups excluding carboxylic acids is 1. The molecule has 0 saturated heterocycles. The molecule has 8 nitrogen and oxygen atoms in total. The summed E-state index contributed by atoms with van der Waals surface area (Å²) in [5, 5.41) is 12.0. The van der Waals surface area contributed by atoms with Crippen LogP contribution in [0.5, 0.6) is 11.5 Å². The number of anilines is 2. The van der Waals surface area contributed by atoms with E-state index < -0.39 is 6.04 Å². The second-order valence-electron chi connectivity index (χ2n) is 12.7. The van der Waals surface area contributed by atoms with Gasteiger partial charge in [0.1, 0.15) is 24.1 Å². The average molecular weight is 660 g/mol. The van der Waals surface area contributed by atoms with Crippen molar-refractivity contribution < 1.29 is 14.3 Å². The van der Waals surface area contributed by atoms with E-state index in [-0.39, 0.29) is 11.3 Å². The first kappa shape index (κ1) is 32.9. The fraction of sp³-hybridized carbons (Fsp3) is 0.256. The molecule has 0 radical (unpaired) electrons. The van der Waals surface area contributed by atoms with Crippen molar-refractivity contribution in [3.05, 3.63) is 137 Å². The molecule has 1 aliphatic heterocycles. The van der Waals surface area contributed by atoms with Gasteiger partial charge in [0.15, 0.2) is 0 Å². The molecule has 0 aliphatic carbocycles. The number of nitrogens with zero attached hydrogens (tertiary/aromatic N) is 3. The van der Waals surface area contributed by atoms with Gasteiger partial charge in [-0.15, -0.1) is 5.10 Å². The van der Waals surface area contributed by atoms with Crippen LogP contribution in [0.2, 0.25) is 0 Å². The van der Waals surface area contributed by atoms with E-state index in [0.29, 0.717) is 47.0 Å². The third-order valence-corrected chi connectivity index (χ3v) is 9.05. The minimum absolute atomic E-state index is 0.102. The summed E-state index contributed by atoms with van der Waals surface area (Å²) in [5.41, 5.74) is 6.39. The maximum Gasteiger partial charge on any atom is 0.255 e. The molecule has 2 N–H and O–H groups in total. The number of amides is 1. The van der Waals surface area contributed by atoms with Crippen LogP contribution >= 0.6 is 11.8 Å². The molecular formula is C39H41N5O3S. The monoisotopic (exact) mass is 659 g/mol. The topological polar surface area (TPSA) is 90.3 Å². The highest BCUT2D eigenvalue weighted by molar-refractivity contribution is 7.98. The molecule has 2 heterocycles. The molecule has 9 heteroatoms. The molecule has 1 amide bonds. The van der Waals surface area contributed by atoms with Crippen molar-refractivity contribution in [1.29, 1.82) is 0 Å². The summed E-state index contributed by atoms with van der Waals surface area (Å²) in [6.07, 6.45) is 0. The average Bonchev–Trinajstić information content (AvgIpc) is 3.49. The molecular weight excluding hydrogens is 619 g/mol. The Bertz CT molecular complexity index is 1900. The maximum atomic E-state index is 14.1. The van der Waals surface area contributed by atoms with E-state index in [2.05, 4.69) is 67.8 Å². The number of nitrogens with one attached hydrogen (secondary N) is 2. The van der Waals surface area contributed by atoms with Crippen LogP contribution in [-0.2, 0) is 22.6 Å². The van der Waals surface area contributed by atoms with E-state index in [4.69, 9.17) is 19.6 Å². The van der Waals surface area contributed by atoms with Crippen molar-refractivity contribution in [1.82, 2.24) is 14.8 Å². The van der Waals surface area contributed by atoms with Crippen LogP contribution in [0.1, 0.15) is 62.9 Å². The number of allylic oxidation sites excluding steroid dienone is 1. The highest BCUT2D eigenvalue weighted by Gasteiger charge is 2.35.